The first-order chi connectivity index (χ1) is 8.22. The van der Waals surface area contributed by atoms with Crippen molar-refractivity contribution in [3.05, 3.63) is 0 Å². The van der Waals surface area contributed by atoms with Crippen molar-refractivity contribution in [3.63, 3.8) is 0 Å². The highest BCUT2D eigenvalue weighted by atomic mass is 32.2. The van der Waals surface area contributed by atoms with Crippen LogP contribution in [-0.4, -0.2) is 47.5 Å². The van der Waals surface area contributed by atoms with Crippen LogP contribution in [0.4, 0.5) is 0 Å². The summed E-state index contributed by atoms with van der Waals surface area (Å²) in [6.45, 7) is 8.40. The number of nitrogens with one attached hydrogen (secondary N) is 1. The van der Waals surface area contributed by atoms with Gasteiger partial charge in [-0.05, 0) is 44.7 Å². The van der Waals surface area contributed by atoms with Crippen LogP contribution in [0.3, 0.4) is 0 Å². The third-order valence-corrected chi connectivity index (χ3v) is 5.78. The van der Waals surface area contributed by atoms with Crippen molar-refractivity contribution >= 4 is 16.9 Å². The lowest BCUT2D eigenvalue weighted by Crippen LogP contribution is -2.51. The van der Waals surface area contributed by atoms with Crippen LogP contribution in [0.1, 0.15) is 26.7 Å². The molecule has 0 aromatic carbocycles. The summed E-state index contributed by atoms with van der Waals surface area (Å²) < 4.78 is 0. The third-order valence-electron chi connectivity index (χ3n) is 4.59. The molecule has 4 rings (SSSR count). The number of amidine groups is 1. The molecule has 0 saturated carbocycles. The topological polar surface area (TPSA) is 27.6 Å². The predicted octanol–water partition coefficient (Wildman–Crippen LogP) is 1.80. The van der Waals surface area contributed by atoms with Crippen molar-refractivity contribution in [1.29, 1.82) is 0 Å². The number of fused-ring (bicyclic) bond motifs is 3. The van der Waals surface area contributed by atoms with Crippen LogP contribution in [0.15, 0.2) is 4.99 Å². The summed E-state index contributed by atoms with van der Waals surface area (Å²) >= 11 is 1.92. The van der Waals surface area contributed by atoms with E-state index in [0.717, 1.165) is 11.8 Å². The number of rotatable bonds is 1. The van der Waals surface area contributed by atoms with Crippen molar-refractivity contribution < 1.29 is 0 Å². The van der Waals surface area contributed by atoms with E-state index in [4.69, 9.17) is 4.99 Å². The second-order valence-electron chi connectivity index (χ2n) is 5.86. The summed E-state index contributed by atoms with van der Waals surface area (Å²) in [6.07, 6.45) is 2.72. The Bertz CT molecular complexity index is 310. The van der Waals surface area contributed by atoms with Crippen LogP contribution in [0.5, 0.6) is 0 Å². The number of thioether (sulfide) groups is 1. The summed E-state index contributed by atoms with van der Waals surface area (Å²) in [5.74, 6) is 2.82. The van der Waals surface area contributed by atoms with E-state index in [2.05, 4.69) is 24.1 Å². The molecule has 4 aliphatic rings. The average Bonchev–Trinajstić information content (AvgIpc) is 2.35. The molecule has 0 amide bonds. The van der Waals surface area contributed by atoms with Gasteiger partial charge in [-0.15, -0.1) is 0 Å². The fourth-order valence-electron chi connectivity index (χ4n) is 3.04. The highest BCUT2D eigenvalue weighted by Crippen LogP contribution is 2.30. The van der Waals surface area contributed by atoms with Gasteiger partial charge in [0.1, 0.15) is 0 Å². The Hall–Kier alpha value is -0.220. The molecule has 0 aromatic rings. The average molecular weight is 253 g/mol. The van der Waals surface area contributed by atoms with E-state index < -0.39 is 0 Å². The first-order valence-corrected chi connectivity index (χ1v) is 7.90. The second kappa shape index (κ2) is 4.81. The highest BCUT2D eigenvalue weighted by molar-refractivity contribution is 8.13. The summed E-state index contributed by atoms with van der Waals surface area (Å²) in [6, 6.07) is 1.14. The van der Waals surface area contributed by atoms with Gasteiger partial charge in [-0.3, -0.25) is 4.99 Å². The van der Waals surface area contributed by atoms with Gasteiger partial charge in [-0.1, -0.05) is 18.7 Å². The molecule has 96 valence electrons. The Morgan fingerprint density at radius 1 is 1.29 bits per heavy atom. The number of hydrogen-bond donors (Lipinski definition) is 1. The fourth-order valence-corrected chi connectivity index (χ4v) is 4.23. The lowest BCUT2D eigenvalue weighted by atomic mass is 9.84. The maximum absolute atomic E-state index is 4.99. The largest absolute Gasteiger partial charge is 0.362 e. The quantitative estimate of drug-likeness (QED) is 0.772. The van der Waals surface area contributed by atoms with Crippen molar-refractivity contribution in [1.82, 2.24) is 10.2 Å². The number of aliphatic imine (C=N–C) groups is 1. The SMILES string of the molecule is CC1CSC(=NC2CN3CCC2CC3)NC1C. The number of piperidine rings is 3. The van der Waals surface area contributed by atoms with Crippen molar-refractivity contribution in [2.24, 2.45) is 16.8 Å². The van der Waals surface area contributed by atoms with Crippen molar-refractivity contribution in [2.45, 2.75) is 38.8 Å². The minimum Gasteiger partial charge on any atom is -0.362 e. The minimum atomic E-state index is 0.563. The molecule has 4 heterocycles. The third kappa shape index (κ3) is 2.48. The first kappa shape index (κ1) is 11.8. The molecule has 4 aliphatic heterocycles. The summed E-state index contributed by atoms with van der Waals surface area (Å²) in [7, 11) is 0. The van der Waals surface area contributed by atoms with E-state index in [0.29, 0.717) is 12.1 Å². The molecule has 0 spiro atoms. The molecular weight excluding hydrogens is 230 g/mol. The minimum absolute atomic E-state index is 0.563. The van der Waals surface area contributed by atoms with Crippen LogP contribution in [-0.2, 0) is 0 Å². The van der Waals surface area contributed by atoms with Gasteiger partial charge >= 0.3 is 0 Å². The predicted molar refractivity (Wildman–Crippen MR) is 74.6 cm³/mol. The summed E-state index contributed by atoms with van der Waals surface area (Å²) in [5, 5.41) is 4.77. The zero-order chi connectivity index (χ0) is 11.8. The number of nitrogens with zero attached hydrogens (tertiary/aromatic N) is 2. The summed E-state index contributed by atoms with van der Waals surface area (Å²) in [5.41, 5.74) is 0. The molecule has 3 nitrogen and oxygen atoms in total. The molecule has 0 aliphatic carbocycles. The zero-order valence-electron chi connectivity index (χ0n) is 10.9. The first-order valence-electron chi connectivity index (χ1n) is 6.92. The number of hydrogen-bond acceptors (Lipinski definition) is 3. The highest BCUT2D eigenvalue weighted by Gasteiger charge is 2.34. The molecule has 4 fully saturated rings. The van der Waals surface area contributed by atoms with Gasteiger partial charge in [0.2, 0.25) is 0 Å². The maximum Gasteiger partial charge on any atom is 0.157 e. The van der Waals surface area contributed by atoms with E-state index in [9.17, 15) is 0 Å². The lowest BCUT2D eigenvalue weighted by Gasteiger charge is -2.43. The van der Waals surface area contributed by atoms with E-state index >= 15 is 0 Å². The van der Waals surface area contributed by atoms with Crippen LogP contribution < -0.4 is 5.32 Å². The molecule has 0 aromatic heterocycles. The fraction of sp³-hybridized carbons (Fsp3) is 0.923. The van der Waals surface area contributed by atoms with E-state index in [1.165, 1.54) is 43.4 Å². The lowest BCUT2D eigenvalue weighted by molar-refractivity contribution is 0.0905. The second-order valence-corrected chi connectivity index (χ2v) is 6.87. The van der Waals surface area contributed by atoms with Gasteiger partial charge in [0.05, 0.1) is 6.04 Å². The Balaban J connectivity index is 1.65. The van der Waals surface area contributed by atoms with E-state index in [-0.39, 0.29) is 0 Å². The van der Waals surface area contributed by atoms with Gasteiger partial charge in [-0.2, -0.15) is 0 Å². The monoisotopic (exact) mass is 253 g/mol. The Labute approximate surface area is 108 Å². The Kier molecular flexibility index (Phi) is 3.35. The normalized spacial score (nSPS) is 48.1. The maximum atomic E-state index is 4.99. The Morgan fingerprint density at radius 2 is 2.06 bits per heavy atom. The van der Waals surface area contributed by atoms with E-state index in [1.54, 1.807) is 0 Å². The molecule has 0 radical (unpaired) electrons. The van der Waals surface area contributed by atoms with Crippen LogP contribution in [0, 0.1) is 11.8 Å². The zero-order valence-corrected chi connectivity index (χ0v) is 11.7. The van der Waals surface area contributed by atoms with Gasteiger partial charge in [0.25, 0.3) is 0 Å². The molecule has 2 bridgehead atoms. The molecule has 3 atom stereocenters. The molecular formula is C13H23N3S. The molecule has 17 heavy (non-hydrogen) atoms. The Morgan fingerprint density at radius 3 is 2.65 bits per heavy atom. The van der Waals surface area contributed by atoms with Crippen molar-refractivity contribution in [2.75, 3.05) is 25.4 Å². The van der Waals surface area contributed by atoms with E-state index in [1.807, 2.05) is 11.8 Å². The van der Waals surface area contributed by atoms with Gasteiger partial charge < -0.3 is 10.2 Å². The van der Waals surface area contributed by atoms with Gasteiger partial charge in [0, 0.05) is 18.3 Å². The smallest absolute Gasteiger partial charge is 0.157 e. The van der Waals surface area contributed by atoms with Crippen molar-refractivity contribution in [3.8, 4) is 0 Å². The summed E-state index contributed by atoms with van der Waals surface area (Å²) in [4.78, 5) is 7.57. The molecule has 4 heteroatoms. The van der Waals surface area contributed by atoms with Crippen LogP contribution in [0.25, 0.3) is 0 Å². The molecule has 4 saturated heterocycles. The van der Waals surface area contributed by atoms with Gasteiger partial charge in [0.15, 0.2) is 5.17 Å². The molecule has 1 N–H and O–H groups in total. The van der Waals surface area contributed by atoms with Crippen LogP contribution in [0.2, 0.25) is 0 Å². The van der Waals surface area contributed by atoms with Crippen LogP contribution >= 0.6 is 11.8 Å². The molecule has 3 unspecified atom stereocenters. The van der Waals surface area contributed by atoms with Gasteiger partial charge in [-0.25, -0.2) is 0 Å². The standard InChI is InChI=1S/C13H23N3S/c1-9-8-17-13(14-10(9)2)15-12-7-16-5-3-11(12)4-6-16/h9-12H,3-8H2,1-2H3,(H,14,15).